The number of aromatic nitrogens is 4. The number of hydrazone groups is 1. The summed E-state index contributed by atoms with van der Waals surface area (Å²) in [7, 11) is 1.61. The molecule has 3 aromatic carbocycles. The van der Waals surface area contributed by atoms with Gasteiger partial charge in [-0.2, -0.15) is 15.2 Å². The summed E-state index contributed by atoms with van der Waals surface area (Å²) >= 11 is 0. The predicted octanol–water partition coefficient (Wildman–Crippen LogP) is 5.95. The number of Topliss-reactive ketones (excluding diaryl/α,β-unsaturated/α-hetero) is 1. The SMILES string of the molecule is CCCc1c(Cc2ccc(-c3ccccc3)c(C3=NNC(=O)C3)c2)c(=O)n(C2CCC(C(=O)c3ccc(OC)cc3)CC2)c2ncnn12. The van der Waals surface area contributed by atoms with E-state index in [1.807, 2.05) is 63.7 Å². The number of carbonyl (C=O) groups excluding carboxylic acids is 2. The van der Waals surface area contributed by atoms with Gasteiger partial charge >= 0.3 is 0 Å². The molecule has 1 aliphatic carbocycles. The first kappa shape index (κ1) is 31.2. The van der Waals surface area contributed by atoms with Crippen molar-refractivity contribution in [1.29, 1.82) is 0 Å². The van der Waals surface area contributed by atoms with E-state index < -0.39 is 0 Å². The predicted molar refractivity (Wildman–Crippen MR) is 184 cm³/mol. The maximum atomic E-state index is 14.6. The van der Waals surface area contributed by atoms with Crippen LogP contribution in [0.3, 0.4) is 0 Å². The Kier molecular flexibility index (Phi) is 8.71. The van der Waals surface area contributed by atoms with E-state index in [0.29, 0.717) is 61.1 Å². The lowest BCUT2D eigenvalue weighted by Crippen LogP contribution is -2.35. The molecule has 10 nitrogen and oxygen atoms in total. The molecule has 48 heavy (non-hydrogen) atoms. The molecule has 5 aromatic rings. The third-order valence-electron chi connectivity index (χ3n) is 9.62. The molecule has 244 valence electrons. The Balaban J connectivity index is 1.23. The number of benzene rings is 3. The van der Waals surface area contributed by atoms with Crippen LogP contribution in [-0.2, 0) is 17.6 Å². The van der Waals surface area contributed by atoms with E-state index in [1.54, 1.807) is 7.11 Å². The third-order valence-corrected chi connectivity index (χ3v) is 9.62. The fourth-order valence-electron chi connectivity index (χ4n) is 7.20. The van der Waals surface area contributed by atoms with Gasteiger partial charge in [-0.1, -0.05) is 55.8 Å². The van der Waals surface area contributed by atoms with Crippen molar-refractivity contribution in [2.24, 2.45) is 11.0 Å². The first-order valence-electron chi connectivity index (χ1n) is 16.6. The zero-order valence-electron chi connectivity index (χ0n) is 27.2. The fraction of sp³-hybridized carbons (Fsp3) is 0.316. The molecule has 2 aliphatic rings. The molecule has 1 saturated carbocycles. The van der Waals surface area contributed by atoms with Crippen molar-refractivity contribution in [3.05, 3.63) is 117 Å². The Morgan fingerprint density at radius 2 is 1.73 bits per heavy atom. The molecule has 0 spiro atoms. The lowest BCUT2D eigenvalue weighted by molar-refractivity contribution is -0.119. The minimum Gasteiger partial charge on any atom is -0.497 e. The number of nitrogens with one attached hydrogen (secondary N) is 1. The molecule has 1 N–H and O–H groups in total. The van der Waals surface area contributed by atoms with E-state index >= 15 is 0 Å². The van der Waals surface area contributed by atoms with Crippen molar-refractivity contribution in [2.75, 3.05) is 7.11 Å². The largest absolute Gasteiger partial charge is 0.497 e. The lowest BCUT2D eigenvalue weighted by atomic mass is 9.81. The first-order valence-corrected chi connectivity index (χ1v) is 16.6. The number of ether oxygens (including phenoxy) is 1. The Hall–Kier alpha value is -5.38. The van der Waals surface area contributed by atoms with Gasteiger partial charge < -0.3 is 4.74 Å². The number of aryl methyl sites for hydroxylation is 1. The quantitative estimate of drug-likeness (QED) is 0.188. The monoisotopic (exact) mass is 642 g/mol. The van der Waals surface area contributed by atoms with Crippen molar-refractivity contribution in [3.63, 3.8) is 0 Å². The summed E-state index contributed by atoms with van der Waals surface area (Å²) in [6.07, 6.45) is 6.39. The van der Waals surface area contributed by atoms with Gasteiger partial charge in [0.1, 0.15) is 12.1 Å². The number of nitrogens with zero attached hydrogens (tertiary/aromatic N) is 5. The van der Waals surface area contributed by atoms with Gasteiger partial charge in [-0.05, 0) is 79.1 Å². The van der Waals surface area contributed by atoms with Gasteiger partial charge in [0.2, 0.25) is 11.7 Å². The molecule has 1 aliphatic heterocycles. The fourth-order valence-corrected chi connectivity index (χ4v) is 7.20. The van der Waals surface area contributed by atoms with Gasteiger partial charge in [-0.15, -0.1) is 0 Å². The zero-order valence-corrected chi connectivity index (χ0v) is 27.2. The van der Waals surface area contributed by atoms with E-state index in [4.69, 9.17) is 4.74 Å². The minimum absolute atomic E-state index is 0.0624. The number of ketones is 1. The van der Waals surface area contributed by atoms with Crippen LogP contribution < -0.4 is 15.7 Å². The van der Waals surface area contributed by atoms with Gasteiger partial charge in [0, 0.05) is 35.1 Å². The standard InChI is InChI=1S/C38H38N6O4/c1-3-7-34-32(21-24-10-19-30(25-8-5-4-6-9-25)31(20-24)33-22-35(45)42-41-33)37(47)43(38-39-23-40-44(34)38)28-15-11-26(12-16-28)36(46)27-13-17-29(48-2)18-14-27/h4-6,8-10,13-14,17-20,23,26,28H,3,7,11-12,15-16,21-22H2,1-2H3,(H,42,45). The molecule has 7 rings (SSSR count). The number of fused-ring (bicyclic) bond motifs is 1. The van der Waals surface area contributed by atoms with E-state index in [0.717, 1.165) is 40.1 Å². The van der Waals surface area contributed by atoms with Crippen molar-refractivity contribution in [1.82, 2.24) is 24.6 Å². The lowest BCUT2D eigenvalue weighted by Gasteiger charge is -2.30. The van der Waals surface area contributed by atoms with Gasteiger partial charge in [0.05, 0.1) is 24.9 Å². The average molecular weight is 643 g/mol. The second-order valence-electron chi connectivity index (χ2n) is 12.6. The normalized spacial score (nSPS) is 17.7. The second kappa shape index (κ2) is 13.4. The summed E-state index contributed by atoms with van der Waals surface area (Å²) in [5.74, 6) is 1.16. The van der Waals surface area contributed by atoms with Crippen LogP contribution in [0.25, 0.3) is 16.9 Å². The number of methoxy groups -OCH3 is 1. The van der Waals surface area contributed by atoms with Gasteiger partial charge in [-0.3, -0.25) is 19.0 Å². The Morgan fingerprint density at radius 1 is 0.958 bits per heavy atom. The molecular formula is C38H38N6O4. The van der Waals surface area contributed by atoms with E-state index in [2.05, 4.69) is 45.7 Å². The zero-order chi connectivity index (χ0) is 33.2. The molecule has 10 heteroatoms. The summed E-state index contributed by atoms with van der Waals surface area (Å²) in [6.45, 7) is 2.09. The van der Waals surface area contributed by atoms with Crippen molar-refractivity contribution in [2.45, 2.75) is 64.3 Å². The number of hydrogen-bond donors (Lipinski definition) is 1. The molecule has 0 unspecified atom stereocenters. The highest BCUT2D eigenvalue weighted by molar-refractivity contribution is 6.16. The van der Waals surface area contributed by atoms with Crippen LogP contribution >= 0.6 is 0 Å². The first-order chi connectivity index (χ1) is 23.4. The van der Waals surface area contributed by atoms with Gasteiger partial charge in [0.25, 0.3) is 5.56 Å². The topological polar surface area (TPSA) is 120 Å². The van der Waals surface area contributed by atoms with Gasteiger partial charge in [0.15, 0.2) is 5.78 Å². The highest BCUT2D eigenvalue weighted by Crippen LogP contribution is 2.35. The minimum atomic E-state index is -0.139. The summed E-state index contributed by atoms with van der Waals surface area (Å²) < 4.78 is 8.90. The van der Waals surface area contributed by atoms with Crippen molar-refractivity contribution in [3.8, 4) is 16.9 Å². The number of carbonyl (C=O) groups is 2. The van der Waals surface area contributed by atoms with Crippen LogP contribution in [0, 0.1) is 5.92 Å². The molecule has 3 heterocycles. The maximum absolute atomic E-state index is 14.6. The number of rotatable bonds is 10. The Bertz CT molecular complexity index is 2070. The number of amides is 1. The summed E-state index contributed by atoms with van der Waals surface area (Å²) in [6, 6.07) is 23.4. The molecule has 1 fully saturated rings. The van der Waals surface area contributed by atoms with Crippen LogP contribution in [-0.4, -0.2) is 43.7 Å². The molecular weight excluding hydrogens is 604 g/mol. The summed E-state index contributed by atoms with van der Waals surface area (Å²) in [5, 5.41) is 8.93. The summed E-state index contributed by atoms with van der Waals surface area (Å²) in [4.78, 5) is 44.6. The highest BCUT2D eigenvalue weighted by atomic mass is 16.5. The third kappa shape index (κ3) is 5.94. The summed E-state index contributed by atoms with van der Waals surface area (Å²) in [5.41, 5.74) is 9.26. The van der Waals surface area contributed by atoms with E-state index in [1.165, 1.54) is 6.33 Å². The Labute approximate surface area is 278 Å². The highest BCUT2D eigenvalue weighted by Gasteiger charge is 2.31. The van der Waals surface area contributed by atoms with Crippen LogP contribution in [0.5, 0.6) is 5.75 Å². The molecule has 0 atom stereocenters. The average Bonchev–Trinajstić information content (AvgIpc) is 3.79. The van der Waals surface area contributed by atoms with E-state index in [9.17, 15) is 14.4 Å². The van der Waals surface area contributed by atoms with Crippen molar-refractivity contribution < 1.29 is 14.3 Å². The van der Waals surface area contributed by atoms with Crippen LogP contribution in [0.1, 0.15) is 84.2 Å². The van der Waals surface area contributed by atoms with Crippen molar-refractivity contribution >= 4 is 23.2 Å². The molecule has 0 radical (unpaired) electrons. The smallest absolute Gasteiger partial charge is 0.259 e. The molecule has 0 bridgehead atoms. The van der Waals surface area contributed by atoms with Crippen LogP contribution in [0.15, 0.2) is 89.0 Å². The molecule has 0 saturated heterocycles. The number of hydrogen-bond acceptors (Lipinski definition) is 7. The second-order valence-corrected chi connectivity index (χ2v) is 12.6. The van der Waals surface area contributed by atoms with E-state index in [-0.39, 0.29) is 35.6 Å². The van der Waals surface area contributed by atoms with Gasteiger partial charge in [-0.25, -0.2) is 9.94 Å². The Morgan fingerprint density at radius 3 is 2.42 bits per heavy atom. The molecule has 2 aromatic heterocycles. The van der Waals surface area contributed by atoms with Crippen LogP contribution in [0.4, 0.5) is 0 Å². The molecule has 1 amide bonds. The maximum Gasteiger partial charge on any atom is 0.259 e. The van der Waals surface area contributed by atoms with Crippen LogP contribution in [0.2, 0.25) is 0 Å².